The normalized spacial score (nSPS) is 19.8. The van der Waals surface area contributed by atoms with E-state index in [1.807, 2.05) is 48.5 Å². The summed E-state index contributed by atoms with van der Waals surface area (Å²) in [6.07, 6.45) is -0.821. The summed E-state index contributed by atoms with van der Waals surface area (Å²) in [6.45, 7) is 4.57. The van der Waals surface area contributed by atoms with Crippen molar-refractivity contribution in [3.63, 3.8) is 0 Å². The Labute approximate surface area is 153 Å². The average Bonchev–Trinajstić information content (AvgIpc) is 2.75. The van der Waals surface area contributed by atoms with Crippen molar-refractivity contribution in [3.8, 4) is 11.1 Å². The highest BCUT2D eigenvalue weighted by Crippen LogP contribution is 2.30. The summed E-state index contributed by atoms with van der Waals surface area (Å²) in [5.41, 5.74) is 5.15. The SMILES string of the molecule is C=C(c1ccc(-c2ccccc2)cc1)C1COC(c2ccccc2)OO1. The van der Waals surface area contributed by atoms with Gasteiger partial charge in [-0.1, -0.05) is 91.5 Å². The Morgan fingerprint density at radius 2 is 1.35 bits per heavy atom. The molecule has 1 fully saturated rings. The molecule has 26 heavy (non-hydrogen) atoms. The predicted molar refractivity (Wildman–Crippen MR) is 102 cm³/mol. The third kappa shape index (κ3) is 3.60. The summed E-state index contributed by atoms with van der Waals surface area (Å²) in [5, 5.41) is 0. The molecule has 2 unspecified atom stereocenters. The molecule has 3 heteroatoms. The van der Waals surface area contributed by atoms with Gasteiger partial charge in [0.2, 0.25) is 6.29 Å². The Kier molecular flexibility index (Phi) is 4.93. The third-order valence-corrected chi connectivity index (χ3v) is 4.48. The zero-order valence-electron chi connectivity index (χ0n) is 14.4. The minimum absolute atomic E-state index is 0.322. The molecule has 0 amide bonds. The van der Waals surface area contributed by atoms with Gasteiger partial charge in [-0.05, 0) is 22.3 Å². The van der Waals surface area contributed by atoms with Crippen molar-refractivity contribution in [2.45, 2.75) is 12.4 Å². The van der Waals surface area contributed by atoms with Crippen molar-refractivity contribution in [2.24, 2.45) is 0 Å². The Hall–Kier alpha value is -2.72. The summed E-state index contributed by atoms with van der Waals surface area (Å²) in [7, 11) is 0. The van der Waals surface area contributed by atoms with Gasteiger partial charge in [0.25, 0.3) is 0 Å². The minimum Gasteiger partial charge on any atom is -0.343 e. The summed E-state index contributed by atoms with van der Waals surface area (Å²) < 4.78 is 5.80. The van der Waals surface area contributed by atoms with Crippen LogP contribution in [-0.2, 0) is 14.5 Å². The summed E-state index contributed by atoms with van der Waals surface area (Å²) in [6, 6.07) is 28.3. The van der Waals surface area contributed by atoms with Gasteiger partial charge in [0.1, 0.15) is 6.10 Å². The van der Waals surface area contributed by atoms with E-state index in [0.29, 0.717) is 6.61 Å². The van der Waals surface area contributed by atoms with E-state index < -0.39 is 6.29 Å². The molecule has 1 saturated heterocycles. The maximum atomic E-state index is 5.80. The first-order valence-electron chi connectivity index (χ1n) is 8.64. The minimum atomic E-state index is -0.499. The molecule has 3 aromatic carbocycles. The smallest absolute Gasteiger partial charge is 0.217 e. The second-order valence-corrected chi connectivity index (χ2v) is 6.23. The third-order valence-electron chi connectivity index (χ3n) is 4.48. The van der Waals surface area contributed by atoms with E-state index >= 15 is 0 Å². The van der Waals surface area contributed by atoms with E-state index in [9.17, 15) is 0 Å². The van der Waals surface area contributed by atoms with Crippen molar-refractivity contribution in [2.75, 3.05) is 6.61 Å². The molecule has 4 rings (SSSR count). The van der Waals surface area contributed by atoms with Gasteiger partial charge in [0, 0.05) is 5.56 Å². The first-order valence-corrected chi connectivity index (χ1v) is 8.64. The largest absolute Gasteiger partial charge is 0.343 e. The van der Waals surface area contributed by atoms with Gasteiger partial charge < -0.3 is 4.74 Å². The topological polar surface area (TPSA) is 27.7 Å². The van der Waals surface area contributed by atoms with E-state index in [1.165, 1.54) is 11.1 Å². The molecule has 1 aliphatic rings. The van der Waals surface area contributed by atoms with Crippen molar-refractivity contribution in [1.82, 2.24) is 0 Å². The number of rotatable bonds is 4. The molecule has 1 heterocycles. The van der Waals surface area contributed by atoms with Gasteiger partial charge in [0.05, 0.1) is 6.61 Å². The van der Waals surface area contributed by atoms with E-state index in [4.69, 9.17) is 14.5 Å². The standard InChI is InChI=1S/C23H20O3/c1-17(18-12-14-20(15-13-18)19-8-4-2-5-9-19)22-16-24-23(26-25-22)21-10-6-3-7-11-21/h2-15,22-23H,1,16H2. The van der Waals surface area contributed by atoms with E-state index in [0.717, 1.165) is 16.7 Å². The maximum absolute atomic E-state index is 5.80. The van der Waals surface area contributed by atoms with Crippen molar-refractivity contribution in [1.29, 1.82) is 0 Å². The second-order valence-electron chi connectivity index (χ2n) is 6.23. The van der Waals surface area contributed by atoms with E-state index in [-0.39, 0.29) is 6.10 Å². The Bertz CT molecular complexity index is 849. The van der Waals surface area contributed by atoms with Crippen LogP contribution < -0.4 is 0 Å². The lowest BCUT2D eigenvalue weighted by Crippen LogP contribution is -2.30. The van der Waals surface area contributed by atoms with Crippen molar-refractivity contribution in [3.05, 3.63) is 103 Å². The van der Waals surface area contributed by atoms with Crippen LogP contribution in [0.4, 0.5) is 0 Å². The maximum Gasteiger partial charge on any atom is 0.217 e. The highest BCUT2D eigenvalue weighted by atomic mass is 17.2. The molecule has 0 saturated carbocycles. The monoisotopic (exact) mass is 344 g/mol. The van der Waals surface area contributed by atoms with Gasteiger partial charge in [-0.3, -0.25) is 0 Å². The first kappa shape index (κ1) is 16.7. The molecule has 0 spiro atoms. The molecule has 0 N–H and O–H groups in total. The Balaban J connectivity index is 1.41. The quantitative estimate of drug-likeness (QED) is 0.592. The summed E-state index contributed by atoms with van der Waals surface area (Å²) in [5.74, 6) is 0. The highest BCUT2D eigenvalue weighted by Gasteiger charge is 2.27. The van der Waals surface area contributed by atoms with Gasteiger partial charge in [-0.25, -0.2) is 4.89 Å². The Morgan fingerprint density at radius 3 is 1.96 bits per heavy atom. The van der Waals surface area contributed by atoms with Gasteiger partial charge >= 0.3 is 0 Å². The van der Waals surface area contributed by atoms with Crippen LogP contribution in [0.25, 0.3) is 16.7 Å². The van der Waals surface area contributed by atoms with Crippen LogP contribution in [0.2, 0.25) is 0 Å². The molecule has 0 aliphatic carbocycles. The van der Waals surface area contributed by atoms with Crippen LogP contribution in [-0.4, -0.2) is 12.7 Å². The lowest BCUT2D eigenvalue weighted by Gasteiger charge is -2.29. The number of hydrogen-bond donors (Lipinski definition) is 0. The lowest BCUT2D eigenvalue weighted by atomic mass is 9.98. The highest BCUT2D eigenvalue weighted by molar-refractivity contribution is 5.71. The molecule has 0 aromatic heterocycles. The predicted octanol–water partition coefficient (Wildman–Crippen LogP) is 5.41. The summed E-state index contributed by atoms with van der Waals surface area (Å²) >= 11 is 0. The molecule has 3 aromatic rings. The zero-order chi connectivity index (χ0) is 17.8. The van der Waals surface area contributed by atoms with Crippen LogP contribution in [0.3, 0.4) is 0 Å². The fraction of sp³-hybridized carbons (Fsp3) is 0.130. The Morgan fingerprint density at radius 1 is 0.731 bits per heavy atom. The van der Waals surface area contributed by atoms with Crippen LogP contribution in [0.15, 0.2) is 91.5 Å². The molecule has 3 nitrogen and oxygen atoms in total. The molecular weight excluding hydrogens is 324 g/mol. The average molecular weight is 344 g/mol. The van der Waals surface area contributed by atoms with Crippen LogP contribution in [0, 0.1) is 0 Å². The fourth-order valence-electron chi connectivity index (χ4n) is 2.96. The number of ether oxygens (including phenoxy) is 1. The van der Waals surface area contributed by atoms with Gasteiger partial charge in [-0.15, -0.1) is 0 Å². The zero-order valence-corrected chi connectivity index (χ0v) is 14.4. The number of benzene rings is 3. The van der Waals surface area contributed by atoms with Crippen molar-refractivity contribution < 1.29 is 14.5 Å². The molecule has 2 atom stereocenters. The lowest BCUT2D eigenvalue weighted by molar-refractivity contribution is -0.435. The van der Waals surface area contributed by atoms with Crippen LogP contribution in [0.1, 0.15) is 17.4 Å². The van der Waals surface area contributed by atoms with Gasteiger partial charge in [0.15, 0.2) is 0 Å². The summed E-state index contributed by atoms with van der Waals surface area (Å²) in [4.78, 5) is 11.0. The van der Waals surface area contributed by atoms with E-state index in [2.05, 4.69) is 43.0 Å². The van der Waals surface area contributed by atoms with Crippen LogP contribution in [0.5, 0.6) is 0 Å². The van der Waals surface area contributed by atoms with Gasteiger partial charge in [-0.2, -0.15) is 4.89 Å². The molecule has 1 aliphatic heterocycles. The molecular formula is C23H20O3. The first-order chi connectivity index (χ1) is 12.8. The second kappa shape index (κ2) is 7.67. The molecule has 0 bridgehead atoms. The molecule has 130 valence electrons. The fourth-order valence-corrected chi connectivity index (χ4v) is 2.96. The number of hydrogen-bond acceptors (Lipinski definition) is 3. The van der Waals surface area contributed by atoms with Crippen molar-refractivity contribution >= 4 is 5.57 Å². The molecule has 0 radical (unpaired) electrons. The van der Waals surface area contributed by atoms with E-state index in [1.54, 1.807) is 0 Å². The van der Waals surface area contributed by atoms with Crippen LogP contribution >= 0.6 is 0 Å².